The summed E-state index contributed by atoms with van der Waals surface area (Å²) in [7, 11) is 1.54. The van der Waals surface area contributed by atoms with E-state index in [-0.39, 0.29) is 17.1 Å². The molecule has 0 amide bonds. The highest BCUT2D eigenvalue weighted by atomic mass is 16.5. The maximum atomic E-state index is 12.8. The first kappa shape index (κ1) is 17.4. The molecule has 2 aliphatic heterocycles. The zero-order valence-electron chi connectivity index (χ0n) is 15.2. The summed E-state index contributed by atoms with van der Waals surface area (Å²) in [6.45, 7) is 3.77. The highest BCUT2D eigenvalue weighted by Gasteiger charge is 2.41. The second kappa shape index (κ2) is 6.03. The molecule has 0 radical (unpaired) electrons. The monoisotopic (exact) mass is 368 g/mol. The van der Waals surface area contributed by atoms with Gasteiger partial charge in [-0.05, 0) is 43.7 Å². The Bertz CT molecular complexity index is 959. The number of carbonyl (C=O) groups is 1. The normalized spacial score (nSPS) is 22.3. The van der Waals surface area contributed by atoms with E-state index in [9.17, 15) is 15.0 Å². The van der Waals surface area contributed by atoms with Crippen LogP contribution < -0.4 is 14.2 Å². The van der Waals surface area contributed by atoms with Crippen LogP contribution in [0.3, 0.4) is 0 Å². The second-order valence-electron chi connectivity index (χ2n) is 7.17. The number of methoxy groups -OCH3 is 1. The third-order valence-corrected chi connectivity index (χ3v) is 4.75. The predicted octanol–water partition coefficient (Wildman–Crippen LogP) is 3.26. The lowest BCUT2D eigenvalue weighted by atomic mass is 9.90. The Balaban J connectivity index is 1.85. The number of hydrogen-bond donors (Lipinski definition) is 2. The highest BCUT2D eigenvalue weighted by molar-refractivity contribution is 6.07. The summed E-state index contributed by atoms with van der Waals surface area (Å²) in [5.41, 5.74) is 0.584. The van der Waals surface area contributed by atoms with E-state index < -0.39 is 23.6 Å². The van der Waals surface area contributed by atoms with Gasteiger partial charge in [-0.1, -0.05) is 12.1 Å². The summed E-state index contributed by atoms with van der Waals surface area (Å²) in [6.07, 6.45) is 1.30. The SMILES string of the molecule is COc1cccc([C@H]2Oc3c4c(cc(O)c3C(=O)[C@@H]2O)OC(C)(C)C=C4)c1. The summed E-state index contributed by atoms with van der Waals surface area (Å²) in [4.78, 5) is 12.8. The molecule has 6 nitrogen and oxygen atoms in total. The molecule has 4 rings (SSSR count). The minimum absolute atomic E-state index is 0.0339. The van der Waals surface area contributed by atoms with Crippen LogP contribution in [0.1, 0.15) is 41.4 Å². The molecule has 2 aliphatic rings. The smallest absolute Gasteiger partial charge is 0.202 e. The lowest BCUT2D eigenvalue weighted by Crippen LogP contribution is -2.37. The van der Waals surface area contributed by atoms with E-state index in [4.69, 9.17) is 14.2 Å². The number of ether oxygens (including phenoxy) is 3. The van der Waals surface area contributed by atoms with Gasteiger partial charge >= 0.3 is 0 Å². The van der Waals surface area contributed by atoms with Crippen LogP contribution in [-0.4, -0.2) is 34.8 Å². The van der Waals surface area contributed by atoms with Crippen molar-refractivity contribution in [3.63, 3.8) is 0 Å². The summed E-state index contributed by atoms with van der Waals surface area (Å²) >= 11 is 0. The fraction of sp³-hybridized carbons (Fsp3) is 0.286. The van der Waals surface area contributed by atoms with Gasteiger partial charge in [0.15, 0.2) is 12.2 Å². The third-order valence-electron chi connectivity index (χ3n) is 4.75. The molecule has 2 N–H and O–H groups in total. The van der Waals surface area contributed by atoms with Gasteiger partial charge in [0, 0.05) is 6.07 Å². The van der Waals surface area contributed by atoms with Crippen LogP contribution in [0.4, 0.5) is 0 Å². The summed E-state index contributed by atoms with van der Waals surface area (Å²) in [5, 5.41) is 20.9. The molecule has 2 atom stereocenters. The van der Waals surface area contributed by atoms with Gasteiger partial charge in [0.1, 0.15) is 34.2 Å². The van der Waals surface area contributed by atoms with Gasteiger partial charge in [0.2, 0.25) is 5.78 Å². The van der Waals surface area contributed by atoms with Gasteiger partial charge in [-0.15, -0.1) is 0 Å². The first-order chi connectivity index (χ1) is 12.8. The molecule has 0 unspecified atom stereocenters. The van der Waals surface area contributed by atoms with E-state index in [2.05, 4.69) is 0 Å². The van der Waals surface area contributed by atoms with Crippen LogP contribution in [0.25, 0.3) is 6.08 Å². The Morgan fingerprint density at radius 1 is 1.22 bits per heavy atom. The topological polar surface area (TPSA) is 85.2 Å². The molecule has 0 spiro atoms. The first-order valence-corrected chi connectivity index (χ1v) is 8.62. The number of phenols is 1. The minimum atomic E-state index is -1.45. The molecule has 0 saturated heterocycles. The number of benzene rings is 2. The van der Waals surface area contributed by atoms with Gasteiger partial charge in [0.25, 0.3) is 0 Å². The molecule has 27 heavy (non-hydrogen) atoms. The Labute approximate surface area is 156 Å². The molecule has 2 aromatic rings. The van der Waals surface area contributed by atoms with E-state index in [0.29, 0.717) is 22.6 Å². The lowest BCUT2D eigenvalue weighted by molar-refractivity contribution is 0.0206. The van der Waals surface area contributed by atoms with E-state index in [1.165, 1.54) is 13.2 Å². The molecule has 0 saturated carbocycles. The molecular weight excluding hydrogens is 348 g/mol. The number of ketones is 1. The molecule has 2 aromatic carbocycles. The molecule has 0 fully saturated rings. The standard InChI is InChI=1S/C21H20O6/c1-21(2)8-7-13-15(27-21)10-14(22)16-17(23)18(24)19(26-20(13)16)11-5-4-6-12(9-11)25-3/h4-10,18-19,22,24H,1-3H3/t18-,19+/m0/s1. The molecule has 140 valence electrons. The number of Topliss-reactive ketones (excluding diaryl/α,β-unsaturated/α-hetero) is 1. The number of phenolic OH excluding ortho intramolecular Hbond substituents is 1. The van der Waals surface area contributed by atoms with Crippen molar-refractivity contribution < 1.29 is 29.2 Å². The van der Waals surface area contributed by atoms with E-state index in [1.807, 2.05) is 26.0 Å². The maximum Gasteiger partial charge on any atom is 0.202 e. The molecule has 6 heteroatoms. The number of hydrogen-bond acceptors (Lipinski definition) is 6. The predicted molar refractivity (Wildman–Crippen MR) is 98.5 cm³/mol. The third kappa shape index (κ3) is 2.82. The van der Waals surface area contributed by atoms with Crippen LogP contribution in [0.5, 0.6) is 23.0 Å². The van der Waals surface area contributed by atoms with E-state index in [0.717, 1.165) is 0 Å². The number of aliphatic hydroxyl groups excluding tert-OH is 1. The van der Waals surface area contributed by atoms with Gasteiger partial charge in [-0.3, -0.25) is 4.79 Å². The first-order valence-electron chi connectivity index (χ1n) is 8.62. The fourth-order valence-corrected chi connectivity index (χ4v) is 3.39. The number of rotatable bonds is 2. The molecule has 2 heterocycles. The zero-order valence-corrected chi connectivity index (χ0v) is 15.2. The van der Waals surface area contributed by atoms with E-state index >= 15 is 0 Å². The average Bonchev–Trinajstić information content (AvgIpc) is 2.63. The van der Waals surface area contributed by atoms with Crippen molar-refractivity contribution in [1.82, 2.24) is 0 Å². The number of aromatic hydroxyl groups is 1. The fourth-order valence-electron chi connectivity index (χ4n) is 3.39. The molecule has 0 aromatic heterocycles. The zero-order chi connectivity index (χ0) is 19.3. The quantitative estimate of drug-likeness (QED) is 0.846. The van der Waals surface area contributed by atoms with Crippen LogP contribution in [0, 0.1) is 0 Å². The number of carbonyl (C=O) groups excluding carboxylic acids is 1. The van der Waals surface area contributed by atoms with Gasteiger partial charge in [0.05, 0.1) is 12.7 Å². The summed E-state index contributed by atoms with van der Waals surface area (Å²) < 4.78 is 17.1. The van der Waals surface area contributed by atoms with Crippen molar-refractivity contribution in [2.45, 2.75) is 31.7 Å². The number of fused-ring (bicyclic) bond motifs is 3. The Kier molecular flexibility index (Phi) is 3.89. The van der Waals surface area contributed by atoms with Crippen LogP contribution in [-0.2, 0) is 0 Å². The van der Waals surface area contributed by atoms with Crippen LogP contribution in [0.15, 0.2) is 36.4 Å². The average molecular weight is 368 g/mol. The highest BCUT2D eigenvalue weighted by Crippen LogP contribution is 2.48. The summed E-state index contributed by atoms with van der Waals surface area (Å²) in [6, 6.07) is 8.37. The maximum absolute atomic E-state index is 12.8. The van der Waals surface area contributed by atoms with Crippen molar-refractivity contribution >= 4 is 11.9 Å². The van der Waals surface area contributed by atoms with Gasteiger partial charge < -0.3 is 24.4 Å². The van der Waals surface area contributed by atoms with Gasteiger partial charge in [-0.2, -0.15) is 0 Å². The molecular formula is C21H20O6. The minimum Gasteiger partial charge on any atom is -0.507 e. The van der Waals surface area contributed by atoms with E-state index in [1.54, 1.807) is 24.3 Å². The second-order valence-corrected chi connectivity index (χ2v) is 7.17. The van der Waals surface area contributed by atoms with Crippen LogP contribution >= 0.6 is 0 Å². The lowest BCUT2D eigenvalue weighted by Gasteiger charge is -2.34. The van der Waals surface area contributed by atoms with Gasteiger partial charge in [-0.25, -0.2) is 0 Å². The van der Waals surface area contributed by atoms with Crippen molar-refractivity contribution in [2.24, 2.45) is 0 Å². The van der Waals surface area contributed by atoms with Crippen molar-refractivity contribution in [2.75, 3.05) is 7.11 Å². The Morgan fingerprint density at radius 2 is 2.00 bits per heavy atom. The van der Waals surface area contributed by atoms with Crippen LogP contribution in [0.2, 0.25) is 0 Å². The Morgan fingerprint density at radius 3 is 2.74 bits per heavy atom. The van der Waals surface area contributed by atoms with Crippen molar-refractivity contribution in [3.8, 4) is 23.0 Å². The number of aliphatic hydroxyl groups is 1. The largest absolute Gasteiger partial charge is 0.507 e. The van der Waals surface area contributed by atoms with Crippen molar-refractivity contribution in [1.29, 1.82) is 0 Å². The van der Waals surface area contributed by atoms with Crippen molar-refractivity contribution in [3.05, 3.63) is 53.1 Å². The Hall–Kier alpha value is -2.99. The molecule has 0 aliphatic carbocycles. The summed E-state index contributed by atoms with van der Waals surface area (Å²) in [5.74, 6) is 0.349. The molecule has 0 bridgehead atoms.